The van der Waals surface area contributed by atoms with Crippen LogP contribution in [-0.4, -0.2) is 17.0 Å². The van der Waals surface area contributed by atoms with Crippen molar-refractivity contribution in [2.45, 2.75) is 20.5 Å². The van der Waals surface area contributed by atoms with Gasteiger partial charge in [0.15, 0.2) is 5.78 Å². The van der Waals surface area contributed by atoms with Gasteiger partial charge in [0.1, 0.15) is 6.61 Å². The molecule has 0 aliphatic carbocycles. The molecule has 0 N–H and O–H groups in total. The third kappa shape index (κ3) is 3.30. The van der Waals surface area contributed by atoms with Crippen LogP contribution in [0.3, 0.4) is 0 Å². The van der Waals surface area contributed by atoms with Gasteiger partial charge in [-0.05, 0) is 37.6 Å². The van der Waals surface area contributed by atoms with Crippen molar-refractivity contribution < 1.29 is 9.53 Å². The minimum absolute atomic E-state index is 0.00762. The Bertz CT molecular complexity index is 631. The second kappa shape index (κ2) is 6.25. The van der Waals surface area contributed by atoms with Crippen molar-refractivity contribution in [3.63, 3.8) is 0 Å². The molecular weight excluding hydrogens is 274 g/mol. The summed E-state index contributed by atoms with van der Waals surface area (Å²) in [6.07, 6.45) is 0. The molecule has 106 valence electrons. The molecule has 0 saturated heterocycles. The molecule has 1 heterocycles. The number of ether oxygens (including phenoxy) is 1. The zero-order chi connectivity index (χ0) is 14.7. The lowest BCUT2D eigenvalue weighted by Crippen LogP contribution is -2.10. The number of carbonyl (C=O) groups excluding carboxylic acids is 1. The maximum atomic E-state index is 12.1. The van der Waals surface area contributed by atoms with Crippen LogP contribution >= 0.6 is 11.6 Å². The number of halogens is 1. The Balaban J connectivity index is 1.94. The second-order valence-electron chi connectivity index (χ2n) is 4.89. The van der Waals surface area contributed by atoms with Gasteiger partial charge in [0, 0.05) is 29.0 Å². The molecule has 3 nitrogen and oxygen atoms in total. The SMILES string of the molecule is Cc1cc(C(=O)COCc2cccc(Cl)c2)c(C)n1C. The summed E-state index contributed by atoms with van der Waals surface area (Å²) in [5, 5.41) is 0.673. The van der Waals surface area contributed by atoms with Crippen LogP contribution in [0.25, 0.3) is 0 Å². The van der Waals surface area contributed by atoms with E-state index in [4.69, 9.17) is 16.3 Å². The highest BCUT2D eigenvalue weighted by Crippen LogP contribution is 2.15. The topological polar surface area (TPSA) is 31.2 Å². The highest BCUT2D eigenvalue weighted by molar-refractivity contribution is 6.30. The normalized spacial score (nSPS) is 10.8. The van der Waals surface area contributed by atoms with Gasteiger partial charge in [-0.1, -0.05) is 23.7 Å². The van der Waals surface area contributed by atoms with Crippen molar-refractivity contribution in [2.24, 2.45) is 7.05 Å². The van der Waals surface area contributed by atoms with Gasteiger partial charge in [-0.3, -0.25) is 4.79 Å². The highest BCUT2D eigenvalue weighted by Gasteiger charge is 2.13. The van der Waals surface area contributed by atoms with Gasteiger partial charge in [-0.25, -0.2) is 0 Å². The number of rotatable bonds is 5. The van der Waals surface area contributed by atoms with E-state index in [1.807, 2.05) is 55.8 Å². The molecule has 0 aliphatic rings. The summed E-state index contributed by atoms with van der Waals surface area (Å²) >= 11 is 5.90. The average Bonchev–Trinajstić information content (AvgIpc) is 2.66. The number of nitrogens with zero attached hydrogens (tertiary/aromatic N) is 1. The quantitative estimate of drug-likeness (QED) is 0.787. The van der Waals surface area contributed by atoms with Crippen LogP contribution < -0.4 is 0 Å². The Labute approximate surface area is 124 Å². The van der Waals surface area contributed by atoms with Crippen LogP contribution in [0, 0.1) is 13.8 Å². The van der Waals surface area contributed by atoms with Crippen molar-refractivity contribution >= 4 is 17.4 Å². The van der Waals surface area contributed by atoms with Gasteiger partial charge in [-0.15, -0.1) is 0 Å². The number of aromatic nitrogens is 1. The van der Waals surface area contributed by atoms with E-state index in [9.17, 15) is 4.79 Å². The number of hydrogen-bond donors (Lipinski definition) is 0. The Morgan fingerprint density at radius 1 is 1.30 bits per heavy atom. The van der Waals surface area contributed by atoms with Gasteiger partial charge in [0.25, 0.3) is 0 Å². The summed E-state index contributed by atoms with van der Waals surface area (Å²) in [5.41, 5.74) is 3.74. The molecule has 20 heavy (non-hydrogen) atoms. The van der Waals surface area contributed by atoms with Gasteiger partial charge in [0.05, 0.1) is 6.61 Å². The average molecular weight is 292 g/mol. The molecule has 1 aromatic carbocycles. The van der Waals surface area contributed by atoms with E-state index in [0.717, 1.165) is 22.5 Å². The first-order valence-electron chi connectivity index (χ1n) is 6.47. The minimum Gasteiger partial charge on any atom is -0.369 e. The van der Waals surface area contributed by atoms with Crippen LogP contribution in [0.5, 0.6) is 0 Å². The predicted octanol–water partition coefficient (Wildman–Crippen LogP) is 3.69. The fourth-order valence-electron chi connectivity index (χ4n) is 2.10. The summed E-state index contributed by atoms with van der Waals surface area (Å²) in [6, 6.07) is 9.35. The molecule has 0 saturated carbocycles. The van der Waals surface area contributed by atoms with Crippen LogP contribution in [0.15, 0.2) is 30.3 Å². The summed E-state index contributed by atoms with van der Waals surface area (Å²) in [5.74, 6) is 0.00762. The number of ketones is 1. The van der Waals surface area contributed by atoms with Crippen LogP contribution in [0.1, 0.15) is 27.3 Å². The standard InChI is InChI=1S/C16H18ClNO2/c1-11-7-15(12(2)18(11)3)16(19)10-20-9-13-5-4-6-14(17)8-13/h4-8H,9-10H2,1-3H3. The smallest absolute Gasteiger partial charge is 0.190 e. The fraction of sp³-hybridized carbons (Fsp3) is 0.312. The lowest BCUT2D eigenvalue weighted by molar-refractivity contribution is 0.0726. The third-order valence-corrected chi connectivity index (χ3v) is 3.70. The number of benzene rings is 1. The Morgan fingerprint density at radius 2 is 2.05 bits per heavy atom. The van der Waals surface area contributed by atoms with E-state index >= 15 is 0 Å². The Morgan fingerprint density at radius 3 is 2.65 bits per heavy atom. The van der Waals surface area contributed by atoms with E-state index in [0.29, 0.717) is 11.6 Å². The van der Waals surface area contributed by atoms with Crippen molar-refractivity contribution in [3.8, 4) is 0 Å². The van der Waals surface area contributed by atoms with Crippen LogP contribution in [-0.2, 0) is 18.4 Å². The van der Waals surface area contributed by atoms with Crippen molar-refractivity contribution in [1.29, 1.82) is 0 Å². The van der Waals surface area contributed by atoms with Crippen LogP contribution in [0.2, 0.25) is 5.02 Å². The second-order valence-corrected chi connectivity index (χ2v) is 5.33. The molecule has 0 fully saturated rings. The molecule has 2 rings (SSSR count). The summed E-state index contributed by atoms with van der Waals surface area (Å²) < 4.78 is 7.48. The van der Waals surface area contributed by atoms with E-state index in [-0.39, 0.29) is 12.4 Å². The molecule has 0 spiro atoms. The highest BCUT2D eigenvalue weighted by atomic mass is 35.5. The largest absolute Gasteiger partial charge is 0.369 e. The number of carbonyl (C=O) groups is 1. The molecule has 4 heteroatoms. The third-order valence-electron chi connectivity index (χ3n) is 3.47. The van der Waals surface area contributed by atoms with E-state index in [1.165, 1.54) is 0 Å². The maximum Gasteiger partial charge on any atom is 0.190 e. The van der Waals surface area contributed by atoms with Gasteiger partial charge < -0.3 is 9.30 Å². The zero-order valence-electron chi connectivity index (χ0n) is 11.9. The van der Waals surface area contributed by atoms with Gasteiger partial charge >= 0.3 is 0 Å². The fourth-order valence-corrected chi connectivity index (χ4v) is 2.32. The molecule has 0 radical (unpaired) electrons. The van der Waals surface area contributed by atoms with Crippen molar-refractivity contribution in [2.75, 3.05) is 6.61 Å². The summed E-state index contributed by atoms with van der Waals surface area (Å²) in [4.78, 5) is 12.1. The van der Waals surface area contributed by atoms with Gasteiger partial charge in [0.2, 0.25) is 0 Å². The van der Waals surface area contributed by atoms with E-state index in [2.05, 4.69) is 0 Å². The predicted molar refractivity (Wildman–Crippen MR) is 80.3 cm³/mol. The Kier molecular flexibility index (Phi) is 4.63. The zero-order valence-corrected chi connectivity index (χ0v) is 12.7. The molecule has 0 atom stereocenters. The van der Waals surface area contributed by atoms with Crippen molar-refractivity contribution in [3.05, 3.63) is 57.9 Å². The molecule has 0 amide bonds. The maximum absolute atomic E-state index is 12.1. The number of aryl methyl sites for hydroxylation is 1. The molecule has 0 bridgehead atoms. The lowest BCUT2D eigenvalue weighted by Gasteiger charge is -2.05. The molecular formula is C16H18ClNO2. The van der Waals surface area contributed by atoms with Gasteiger partial charge in [-0.2, -0.15) is 0 Å². The molecule has 1 aromatic heterocycles. The number of hydrogen-bond acceptors (Lipinski definition) is 2. The van der Waals surface area contributed by atoms with E-state index in [1.54, 1.807) is 0 Å². The first-order valence-corrected chi connectivity index (χ1v) is 6.85. The summed E-state index contributed by atoms with van der Waals surface area (Å²) in [6.45, 7) is 4.39. The van der Waals surface area contributed by atoms with Crippen molar-refractivity contribution in [1.82, 2.24) is 4.57 Å². The first kappa shape index (κ1) is 14.8. The lowest BCUT2D eigenvalue weighted by atomic mass is 10.1. The molecule has 2 aromatic rings. The molecule has 0 unspecified atom stereocenters. The minimum atomic E-state index is 0.00762. The number of Topliss-reactive ketones (excluding diaryl/α,β-unsaturated/α-hetero) is 1. The molecule has 0 aliphatic heterocycles. The monoisotopic (exact) mass is 291 g/mol. The Hall–Kier alpha value is -1.58. The van der Waals surface area contributed by atoms with E-state index < -0.39 is 0 Å². The first-order chi connectivity index (χ1) is 9.49. The van der Waals surface area contributed by atoms with Crippen LogP contribution in [0.4, 0.5) is 0 Å². The summed E-state index contributed by atoms with van der Waals surface area (Å²) in [7, 11) is 1.95.